The first-order chi connectivity index (χ1) is 8.19. The summed E-state index contributed by atoms with van der Waals surface area (Å²) in [6.07, 6.45) is 0.704. The van der Waals surface area contributed by atoms with Gasteiger partial charge in [0.25, 0.3) is 0 Å². The van der Waals surface area contributed by atoms with Gasteiger partial charge < -0.3 is 9.84 Å². The summed E-state index contributed by atoms with van der Waals surface area (Å²) in [6.45, 7) is 8.52. The van der Waals surface area contributed by atoms with Crippen LogP contribution in [0.25, 0.3) is 0 Å². The summed E-state index contributed by atoms with van der Waals surface area (Å²) in [5, 5.41) is 10.2. The Bertz CT molecular complexity index is 332. The first kappa shape index (κ1) is 13.9. The van der Waals surface area contributed by atoms with E-state index in [2.05, 4.69) is 6.58 Å². The van der Waals surface area contributed by atoms with Crippen molar-refractivity contribution < 1.29 is 9.84 Å². The highest BCUT2D eigenvalue weighted by Gasteiger charge is 2.21. The Labute approximate surface area is 104 Å². The van der Waals surface area contributed by atoms with Crippen LogP contribution in [0.3, 0.4) is 0 Å². The van der Waals surface area contributed by atoms with E-state index in [1.54, 1.807) is 0 Å². The van der Waals surface area contributed by atoms with Gasteiger partial charge in [0.2, 0.25) is 0 Å². The molecule has 0 aromatic heterocycles. The van der Waals surface area contributed by atoms with Gasteiger partial charge in [-0.2, -0.15) is 0 Å². The average Bonchev–Trinajstić information content (AvgIpc) is 2.36. The average molecular weight is 234 g/mol. The van der Waals surface area contributed by atoms with Crippen LogP contribution in [0.4, 0.5) is 0 Å². The van der Waals surface area contributed by atoms with Crippen LogP contribution in [0, 0.1) is 0 Å². The van der Waals surface area contributed by atoms with Gasteiger partial charge in [-0.3, -0.25) is 0 Å². The molecule has 2 nitrogen and oxygen atoms in total. The summed E-state index contributed by atoms with van der Waals surface area (Å²) in [6, 6.07) is 9.85. The van der Waals surface area contributed by atoms with E-state index >= 15 is 0 Å². The fourth-order valence-electron chi connectivity index (χ4n) is 1.80. The molecule has 2 unspecified atom stereocenters. The molecule has 1 aromatic rings. The highest BCUT2D eigenvalue weighted by molar-refractivity contribution is 5.19. The minimum absolute atomic E-state index is 0.260. The number of benzene rings is 1. The van der Waals surface area contributed by atoms with Gasteiger partial charge in [-0.15, -0.1) is 0 Å². The highest BCUT2D eigenvalue weighted by atomic mass is 16.5. The van der Waals surface area contributed by atoms with Crippen LogP contribution >= 0.6 is 0 Å². The maximum atomic E-state index is 10.2. The normalized spacial score (nSPS) is 14.3. The quantitative estimate of drug-likeness (QED) is 0.732. The summed E-state index contributed by atoms with van der Waals surface area (Å²) in [5.41, 5.74) is 2.07. The lowest BCUT2D eigenvalue weighted by Gasteiger charge is -2.23. The molecule has 2 atom stereocenters. The minimum Gasteiger partial charge on any atom is -0.390 e. The van der Waals surface area contributed by atoms with Crippen LogP contribution in [0.1, 0.15) is 38.4 Å². The van der Waals surface area contributed by atoms with Crippen molar-refractivity contribution in [2.75, 3.05) is 6.61 Å². The maximum absolute atomic E-state index is 10.2. The van der Waals surface area contributed by atoms with Crippen LogP contribution in [0.2, 0.25) is 0 Å². The van der Waals surface area contributed by atoms with Gasteiger partial charge in [0.15, 0.2) is 0 Å². The predicted molar refractivity (Wildman–Crippen MR) is 70.9 cm³/mol. The molecule has 0 saturated heterocycles. The van der Waals surface area contributed by atoms with E-state index in [-0.39, 0.29) is 6.10 Å². The second-order valence-electron chi connectivity index (χ2n) is 4.16. The Morgan fingerprint density at radius 2 is 1.94 bits per heavy atom. The Morgan fingerprint density at radius 3 is 2.47 bits per heavy atom. The SMILES string of the molecule is C=C(CC)CC(O)C(OCC)c1ccccc1. The van der Waals surface area contributed by atoms with Crippen LogP contribution in [-0.4, -0.2) is 17.8 Å². The van der Waals surface area contributed by atoms with E-state index in [0.717, 1.165) is 17.6 Å². The molecule has 1 aromatic carbocycles. The zero-order valence-corrected chi connectivity index (χ0v) is 10.7. The van der Waals surface area contributed by atoms with E-state index < -0.39 is 6.10 Å². The van der Waals surface area contributed by atoms with Gasteiger partial charge in [0, 0.05) is 6.61 Å². The number of aliphatic hydroxyl groups is 1. The largest absolute Gasteiger partial charge is 0.390 e. The second kappa shape index (κ2) is 7.25. The van der Waals surface area contributed by atoms with E-state index in [1.807, 2.05) is 44.2 Å². The Hall–Kier alpha value is -1.12. The summed E-state index contributed by atoms with van der Waals surface area (Å²) in [5.74, 6) is 0. The lowest BCUT2D eigenvalue weighted by atomic mass is 9.98. The molecular weight excluding hydrogens is 212 g/mol. The summed E-state index contributed by atoms with van der Waals surface area (Å²) in [4.78, 5) is 0. The fourth-order valence-corrected chi connectivity index (χ4v) is 1.80. The van der Waals surface area contributed by atoms with Crippen molar-refractivity contribution in [3.05, 3.63) is 48.0 Å². The second-order valence-corrected chi connectivity index (χ2v) is 4.16. The van der Waals surface area contributed by atoms with Crippen LogP contribution in [0.15, 0.2) is 42.5 Å². The van der Waals surface area contributed by atoms with E-state index in [0.29, 0.717) is 13.0 Å². The van der Waals surface area contributed by atoms with E-state index in [1.165, 1.54) is 0 Å². The molecule has 1 N–H and O–H groups in total. The van der Waals surface area contributed by atoms with Gasteiger partial charge in [0.05, 0.1) is 6.10 Å². The van der Waals surface area contributed by atoms with Crippen molar-refractivity contribution >= 4 is 0 Å². The molecule has 0 fully saturated rings. The molecule has 0 aliphatic rings. The lowest BCUT2D eigenvalue weighted by molar-refractivity contribution is -0.0341. The number of hydrogen-bond donors (Lipinski definition) is 1. The number of aliphatic hydroxyl groups excluding tert-OH is 1. The molecule has 0 amide bonds. The fraction of sp³-hybridized carbons (Fsp3) is 0.467. The van der Waals surface area contributed by atoms with Gasteiger partial charge in [0.1, 0.15) is 6.10 Å². The summed E-state index contributed by atoms with van der Waals surface area (Å²) < 4.78 is 5.64. The maximum Gasteiger partial charge on any atom is 0.109 e. The highest BCUT2D eigenvalue weighted by Crippen LogP contribution is 2.25. The third-order valence-electron chi connectivity index (χ3n) is 2.82. The van der Waals surface area contributed by atoms with E-state index in [4.69, 9.17) is 4.74 Å². The van der Waals surface area contributed by atoms with Gasteiger partial charge in [-0.1, -0.05) is 49.4 Å². The van der Waals surface area contributed by atoms with Crippen molar-refractivity contribution in [3.8, 4) is 0 Å². The van der Waals surface area contributed by atoms with Crippen molar-refractivity contribution in [2.45, 2.75) is 38.9 Å². The molecule has 0 heterocycles. The first-order valence-electron chi connectivity index (χ1n) is 6.20. The van der Waals surface area contributed by atoms with Gasteiger partial charge in [-0.25, -0.2) is 0 Å². The number of rotatable bonds is 7. The molecule has 17 heavy (non-hydrogen) atoms. The molecular formula is C15H22O2. The summed E-state index contributed by atoms with van der Waals surface area (Å²) >= 11 is 0. The van der Waals surface area contributed by atoms with Crippen molar-refractivity contribution in [3.63, 3.8) is 0 Å². The molecule has 0 aliphatic heterocycles. The molecule has 0 radical (unpaired) electrons. The van der Waals surface area contributed by atoms with Crippen LogP contribution in [-0.2, 0) is 4.74 Å². The molecule has 0 aliphatic carbocycles. The zero-order chi connectivity index (χ0) is 12.7. The number of ether oxygens (including phenoxy) is 1. The smallest absolute Gasteiger partial charge is 0.109 e. The molecule has 2 heteroatoms. The third-order valence-corrected chi connectivity index (χ3v) is 2.82. The Morgan fingerprint density at radius 1 is 1.29 bits per heavy atom. The topological polar surface area (TPSA) is 29.5 Å². The van der Waals surface area contributed by atoms with Crippen molar-refractivity contribution in [1.82, 2.24) is 0 Å². The third kappa shape index (κ3) is 4.33. The monoisotopic (exact) mass is 234 g/mol. The Balaban J connectivity index is 2.75. The van der Waals surface area contributed by atoms with E-state index in [9.17, 15) is 5.11 Å². The zero-order valence-electron chi connectivity index (χ0n) is 10.7. The first-order valence-corrected chi connectivity index (χ1v) is 6.20. The van der Waals surface area contributed by atoms with Crippen molar-refractivity contribution in [1.29, 1.82) is 0 Å². The number of hydrogen-bond acceptors (Lipinski definition) is 2. The van der Waals surface area contributed by atoms with Crippen molar-refractivity contribution in [2.24, 2.45) is 0 Å². The predicted octanol–water partition coefficient (Wildman–Crippen LogP) is 3.48. The molecule has 94 valence electrons. The van der Waals surface area contributed by atoms with Crippen LogP contribution < -0.4 is 0 Å². The standard InChI is InChI=1S/C15H22O2/c1-4-12(3)11-14(16)15(17-5-2)13-9-7-6-8-10-13/h6-10,14-16H,3-5,11H2,1-2H3. The molecule has 0 spiro atoms. The minimum atomic E-state index is -0.523. The van der Waals surface area contributed by atoms with Gasteiger partial charge in [-0.05, 0) is 25.3 Å². The molecule has 0 saturated carbocycles. The Kier molecular flexibility index (Phi) is 5.95. The lowest BCUT2D eigenvalue weighted by Crippen LogP contribution is -2.22. The van der Waals surface area contributed by atoms with Gasteiger partial charge >= 0.3 is 0 Å². The molecule has 1 rings (SSSR count). The summed E-state index contributed by atoms with van der Waals surface area (Å²) in [7, 11) is 0. The molecule has 0 bridgehead atoms. The van der Waals surface area contributed by atoms with Crippen LogP contribution in [0.5, 0.6) is 0 Å².